The highest BCUT2D eigenvalue weighted by molar-refractivity contribution is 6.11. The van der Waals surface area contributed by atoms with Gasteiger partial charge in [0.05, 0.1) is 18.3 Å². The fourth-order valence-corrected chi connectivity index (χ4v) is 2.58. The molecule has 1 N–H and O–H groups in total. The van der Waals surface area contributed by atoms with Crippen LogP contribution in [0.1, 0.15) is 28.5 Å². The number of nitrogens with one attached hydrogen (secondary N) is 1. The number of hydrogen-bond donors (Lipinski definition) is 1. The molecular formula is C16H16N2O2. The quantitative estimate of drug-likeness (QED) is 0.723. The van der Waals surface area contributed by atoms with Crippen molar-refractivity contribution in [1.29, 1.82) is 0 Å². The number of aryl methyl sites for hydroxylation is 2. The van der Waals surface area contributed by atoms with Gasteiger partial charge in [-0.3, -0.25) is 0 Å². The Morgan fingerprint density at radius 1 is 1.30 bits per heavy atom. The van der Waals surface area contributed by atoms with Crippen LogP contribution in [0.15, 0.2) is 24.4 Å². The lowest BCUT2D eigenvalue weighted by molar-refractivity contribution is 0.0519. The first kappa shape index (κ1) is 12.7. The predicted octanol–water partition coefficient (Wildman–Crippen LogP) is 3.51. The number of aromatic nitrogens is 2. The van der Waals surface area contributed by atoms with Gasteiger partial charge >= 0.3 is 5.97 Å². The Hall–Kier alpha value is -2.36. The molecule has 102 valence electrons. The lowest BCUT2D eigenvalue weighted by Gasteiger charge is -2.05. The van der Waals surface area contributed by atoms with E-state index in [4.69, 9.17) is 4.74 Å². The fourth-order valence-electron chi connectivity index (χ4n) is 2.58. The monoisotopic (exact) mass is 268 g/mol. The number of fused-ring (bicyclic) bond motifs is 3. The first-order chi connectivity index (χ1) is 9.61. The highest BCUT2D eigenvalue weighted by atomic mass is 16.5. The van der Waals surface area contributed by atoms with Gasteiger partial charge in [0.15, 0.2) is 5.69 Å². The summed E-state index contributed by atoms with van der Waals surface area (Å²) in [6, 6.07) is 6.23. The third-order valence-corrected chi connectivity index (χ3v) is 3.50. The first-order valence-corrected chi connectivity index (χ1v) is 6.66. The van der Waals surface area contributed by atoms with E-state index in [0.717, 1.165) is 27.4 Å². The molecule has 4 nitrogen and oxygen atoms in total. The molecule has 0 fully saturated rings. The Bertz CT molecular complexity index is 818. The zero-order valence-corrected chi connectivity index (χ0v) is 11.8. The third-order valence-electron chi connectivity index (χ3n) is 3.50. The molecule has 0 amide bonds. The number of aromatic amines is 1. The molecule has 0 atom stereocenters. The number of rotatable bonds is 2. The smallest absolute Gasteiger partial charge is 0.357 e. The summed E-state index contributed by atoms with van der Waals surface area (Å²) in [6.07, 6.45) is 1.70. The first-order valence-electron chi connectivity index (χ1n) is 6.66. The minimum absolute atomic E-state index is 0.352. The number of pyridine rings is 1. The van der Waals surface area contributed by atoms with Crippen LogP contribution in [-0.2, 0) is 4.74 Å². The van der Waals surface area contributed by atoms with E-state index in [-0.39, 0.29) is 5.97 Å². The molecule has 0 radical (unpaired) electrons. The van der Waals surface area contributed by atoms with Gasteiger partial charge in [-0.25, -0.2) is 9.78 Å². The maximum Gasteiger partial charge on any atom is 0.357 e. The number of carbonyl (C=O) groups excluding carboxylic acids is 1. The normalized spacial score (nSPS) is 11.2. The Labute approximate surface area is 116 Å². The van der Waals surface area contributed by atoms with Crippen LogP contribution in [0.25, 0.3) is 21.8 Å². The van der Waals surface area contributed by atoms with Crippen LogP contribution < -0.4 is 0 Å². The zero-order valence-electron chi connectivity index (χ0n) is 11.8. The molecule has 2 aromatic heterocycles. The molecular weight excluding hydrogens is 252 g/mol. The van der Waals surface area contributed by atoms with E-state index < -0.39 is 0 Å². The van der Waals surface area contributed by atoms with Crippen molar-refractivity contribution in [2.24, 2.45) is 0 Å². The molecule has 0 aliphatic carbocycles. The molecule has 0 saturated heterocycles. The summed E-state index contributed by atoms with van der Waals surface area (Å²) in [5.41, 5.74) is 4.43. The second-order valence-corrected chi connectivity index (χ2v) is 4.91. The predicted molar refractivity (Wildman–Crippen MR) is 79.0 cm³/mol. The zero-order chi connectivity index (χ0) is 14.3. The number of hydrogen-bond acceptors (Lipinski definition) is 3. The molecule has 0 aliphatic heterocycles. The van der Waals surface area contributed by atoms with Crippen LogP contribution in [0.2, 0.25) is 0 Å². The van der Waals surface area contributed by atoms with Crippen molar-refractivity contribution in [3.63, 3.8) is 0 Å². The molecule has 0 saturated carbocycles. The number of benzene rings is 1. The topological polar surface area (TPSA) is 55.0 Å². The summed E-state index contributed by atoms with van der Waals surface area (Å²) >= 11 is 0. The van der Waals surface area contributed by atoms with Gasteiger partial charge < -0.3 is 9.72 Å². The third kappa shape index (κ3) is 1.84. The van der Waals surface area contributed by atoms with E-state index in [2.05, 4.69) is 29.0 Å². The number of nitrogens with zero attached hydrogens (tertiary/aromatic N) is 1. The van der Waals surface area contributed by atoms with Gasteiger partial charge in [0, 0.05) is 16.3 Å². The number of H-pyrrole nitrogens is 1. The van der Waals surface area contributed by atoms with Gasteiger partial charge in [-0.05, 0) is 38.5 Å². The van der Waals surface area contributed by atoms with Crippen molar-refractivity contribution >= 4 is 27.8 Å². The molecule has 0 aliphatic rings. The molecule has 1 aromatic carbocycles. The summed E-state index contributed by atoms with van der Waals surface area (Å²) in [7, 11) is 0. The number of esters is 1. The summed E-state index contributed by atoms with van der Waals surface area (Å²) in [5, 5.41) is 2.16. The van der Waals surface area contributed by atoms with Crippen molar-refractivity contribution in [3.05, 3.63) is 41.2 Å². The largest absolute Gasteiger partial charge is 0.461 e. The molecule has 0 unspecified atom stereocenters. The average molecular weight is 268 g/mol. The van der Waals surface area contributed by atoms with Crippen molar-refractivity contribution in [2.75, 3.05) is 6.61 Å². The van der Waals surface area contributed by atoms with E-state index >= 15 is 0 Å². The lowest BCUT2D eigenvalue weighted by Crippen LogP contribution is -2.09. The van der Waals surface area contributed by atoms with E-state index in [1.165, 1.54) is 5.56 Å². The van der Waals surface area contributed by atoms with Gasteiger partial charge in [-0.15, -0.1) is 0 Å². The molecule has 2 heterocycles. The lowest BCUT2D eigenvalue weighted by atomic mass is 10.1. The van der Waals surface area contributed by atoms with Gasteiger partial charge in [0.1, 0.15) is 0 Å². The fraction of sp³-hybridized carbons (Fsp3) is 0.250. The van der Waals surface area contributed by atoms with Gasteiger partial charge in [0.2, 0.25) is 0 Å². The van der Waals surface area contributed by atoms with E-state index in [1.807, 2.05) is 13.0 Å². The Morgan fingerprint density at radius 3 is 2.85 bits per heavy atom. The standard InChI is InChI=1S/C16H16N2O2/c1-4-20-16(19)15-10(3)14-11-7-9(2)5-6-12(11)18-13(14)8-17-15/h5-8,18H,4H2,1-3H3. The van der Waals surface area contributed by atoms with Crippen LogP contribution in [0.4, 0.5) is 0 Å². The summed E-state index contributed by atoms with van der Waals surface area (Å²) in [5.74, 6) is -0.367. The van der Waals surface area contributed by atoms with Crippen LogP contribution in [-0.4, -0.2) is 22.5 Å². The molecule has 3 aromatic rings. The summed E-state index contributed by atoms with van der Waals surface area (Å²) in [6.45, 7) is 6.12. The number of ether oxygens (including phenoxy) is 1. The van der Waals surface area contributed by atoms with Gasteiger partial charge in [-0.2, -0.15) is 0 Å². The molecule has 20 heavy (non-hydrogen) atoms. The van der Waals surface area contributed by atoms with E-state index in [9.17, 15) is 4.79 Å². The van der Waals surface area contributed by atoms with E-state index in [1.54, 1.807) is 13.1 Å². The maximum absolute atomic E-state index is 11.9. The van der Waals surface area contributed by atoms with Crippen LogP contribution >= 0.6 is 0 Å². The van der Waals surface area contributed by atoms with Crippen molar-refractivity contribution < 1.29 is 9.53 Å². The summed E-state index contributed by atoms with van der Waals surface area (Å²) in [4.78, 5) is 19.5. The van der Waals surface area contributed by atoms with Crippen LogP contribution in [0.3, 0.4) is 0 Å². The highest BCUT2D eigenvalue weighted by Gasteiger charge is 2.17. The Balaban J connectivity index is 2.32. The second kappa shape index (κ2) is 4.63. The van der Waals surface area contributed by atoms with Crippen LogP contribution in [0, 0.1) is 13.8 Å². The minimum Gasteiger partial charge on any atom is -0.461 e. The molecule has 3 rings (SSSR count). The highest BCUT2D eigenvalue weighted by Crippen LogP contribution is 2.29. The Kier molecular flexibility index (Phi) is 2.93. The van der Waals surface area contributed by atoms with Crippen molar-refractivity contribution in [1.82, 2.24) is 9.97 Å². The molecule has 0 spiro atoms. The molecule has 0 bridgehead atoms. The minimum atomic E-state index is -0.367. The van der Waals surface area contributed by atoms with Crippen LogP contribution in [0.5, 0.6) is 0 Å². The Morgan fingerprint density at radius 2 is 2.10 bits per heavy atom. The number of carbonyl (C=O) groups is 1. The van der Waals surface area contributed by atoms with E-state index in [0.29, 0.717) is 12.3 Å². The molecule has 4 heteroatoms. The van der Waals surface area contributed by atoms with Gasteiger partial charge in [0.25, 0.3) is 0 Å². The summed E-state index contributed by atoms with van der Waals surface area (Å²) < 4.78 is 5.06. The van der Waals surface area contributed by atoms with Crippen molar-refractivity contribution in [2.45, 2.75) is 20.8 Å². The SMILES string of the molecule is CCOC(=O)c1ncc2[nH]c3ccc(C)cc3c2c1C. The van der Waals surface area contributed by atoms with Crippen molar-refractivity contribution in [3.8, 4) is 0 Å². The van der Waals surface area contributed by atoms with Gasteiger partial charge in [-0.1, -0.05) is 11.6 Å². The second-order valence-electron chi connectivity index (χ2n) is 4.91. The average Bonchev–Trinajstić information content (AvgIpc) is 2.77. The maximum atomic E-state index is 11.9.